The molecule has 0 spiro atoms. The number of ketones is 1. The number of amides is 1. The van der Waals surface area contributed by atoms with E-state index in [1.54, 1.807) is 7.05 Å². The van der Waals surface area contributed by atoms with Crippen LogP contribution >= 0.6 is 0 Å². The molecule has 0 aliphatic heterocycles. The zero-order chi connectivity index (χ0) is 11.5. The lowest BCUT2D eigenvalue weighted by Gasteiger charge is -2.25. The highest BCUT2D eigenvalue weighted by Crippen LogP contribution is 2.16. The second kappa shape index (κ2) is 4.58. The average Bonchev–Trinajstić information content (AvgIpc) is 2.00. The average molecular weight is 199 g/mol. The molecule has 0 aromatic rings. The third kappa shape index (κ3) is 3.90. The molecule has 0 aliphatic rings. The summed E-state index contributed by atoms with van der Waals surface area (Å²) in [5, 5.41) is 0. The molecule has 0 atom stereocenters. The van der Waals surface area contributed by atoms with Gasteiger partial charge in [-0.05, 0) is 0 Å². The molecule has 82 valence electrons. The van der Waals surface area contributed by atoms with E-state index in [9.17, 15) is 9.59 Å². The molecule has 3 heteroatoms. The fraction of sp³-hybridized carbons (Fsp3) is 0.818. The van der Waals surface area contributed by atoms with Crippen LogP contribution in [0.1, 0.15) is 34.6 Å². The molecule has 0 saturated heterocycles. The number of likely N-dealkylation sites (N-methyl/N-ethyl adjacent to an activating group) is 1. The third-order valence-corrected chi connectivity index (χ3v) is 2.03. The molecular formula is C11H21NO2. The van der Waals surface area contributed by atoms with Gasteiger partial charge in [-0.1, -0.05) is 34.6 Å². The molecule has 0 fully saturated rings. The van der Waals surface area contributed by atoms with Gasteiger partial charge in [0.05, 0.1) is 6.54 Å². The van der Waals surface area contributed by atoms with Crippen molar-refractivity contribution in [3.8, 4) is 0 Å². The van der Waals surface area contributed by atoms with E-state index < -0.39 is 5.41 Å². The maximum absolute atomic E-state index is 11.7. The highest BCUT2D eigenvalue weighted by Gasteiger charge is 2.26. The van der Waals surface area contributed by atoms with E-state index in [1.165, 1.54) is 4.90 Å². The smallest absolute Gasteiger partial charge is 0.228 e. The summed E-state index contributed by atoms with van der Waals surface area (Å²) in [5.74, 6) is 0.0989. The maximum atomic E-state index is 11.7. The second-order valence-corrected chi connectivity index (χ2v) is 5.03. The largest absolute Gasteiger partial charge is 0.338 e. The van der Waals surface area contributed by atoms with Crippen LogP contribution in [0.5, 0.6) is 0 Å². The minimum absolute atomic E-state index is 0.00602. The molecule has 0 bridgehead atoms. The topological polar surface area (TPSA) is 37.4 Å². The second-order valence-electron chi connectivity index (χ2n) is 5.03. The van der Waals surface area contributed by atoms with Gasteiger partial charge in [0.1, 0.15) is 0 Å². The normalized spacial score (nSPS) is 11.6. The first-order valence-electron chi connectivity index (χ1n) is 4.94. The van der Waals surface area contributed by atoms with Gasteiger partial charge >= 0.3 is 0 Å². The molecule has 0 aromatic carbocycles. The summed E-state index contributed by atoms with van der Waals surface area (Å²) in [6.45, 7) is 9.46. The molecule has 0 rings (SSSR count). The fourth-order valence-electron chi connectivity index (χ4n) is 1.06. The fourth-order valence-corrected chi connectivity index (χ4v) is 1.06. The van der Waals surface area contributed by atoms with E-state index in [0.717, 1.165) is 0 Å². The Bertz CT molecular complexity index is 226. The lowest BCUT2D eigenvalue weighted by atomic mass is 9.94. The van der Waals surface area contributed by atoms with Crippen LogP contribution in [0, 0.1) is 11.3 Å². The summed E-state index contributed by atoms with van der Waals surface area (Å²) in [7, 11) is 1.67. The first-order chi connectivity index (χ1) is 6.16. The van der Waals surface area contributed by atoms with Crippen molar-refractivity contribution >= 4 is 11.7 Å². The SMILES string of the molecule is CC(C)C(=O)CN(C)C(=O)C(C)(C)C. The monoisotopic (exact) mass is 199 g/mol. The van der Waals surface area contributed by atoms with Crippen molar-refractivity contribution in [1.82, 2.24) is 4.90 Å². The number of hydrogen-bond acceptors (Lipinski definition) is 2. The van der Waals surface area contributed by atoms with Gasteiger partial charge in [-0.3, -0.25) is 9.59 Å². The van der Waals surface area contributed by atoms with Crippen molar-refractivity contribution in [2.75, 3.05) is 13.6 Å². The molecule has 0 unspecified atom stereocenters. The van der Waals surface area contributed by atoms with Gasteiger partial charge in [0.2, 0.25) is 5.91 Å². The Morgan fingerprint density at radius 2 is 1.64 bits per heavy atom. The van der Waals surface area contributed by atoms with Gasteiger partial charge in [-0.25, -0.2) is 0 Å². The molecule has 14 heavy (non-hydrogen) atoms. The van der Waals surface area contributed by atoms with Gasteiger partial charge in [-0.2, -0.15) is 0 Å². The van der Waals surface area contributed by atoms with Gasteiger partial charge in [0.25, 0.3) is 0 Å². The molecule has 0 N–H and O–H groups in total. The Labute approximate surface area is 86.5 Å². The van der Waals surface area contributed by atoms with Crippen LogP contribution in [0.3, 0.4) is 0 Å². The summed E-state index contributed by atoms with van der Waals surface area (Å²) in [6.07, 6.45) is 0. The van der Waals surface area contributed by atoms with E-state index in [4.69, 9.17) is 0 Å². The standard InChI is InChI=1S/C11H21NO2/c1-8(2)9(13)7-12(6)10(14)11(3,4)5/h8H,7H2,1-6H3. The van der Waals surface area contributed by atoms with Crippen molar-refractivity contribution < 1.29 is 9.59 Å². The van der Waals surface area contributed by atoms with Crippen molar-refractivity contribution in [1.29, 1.82) is 0 Å². The van der Waals surface area contributed by atoms with Crippen molar-refractivity contribution in [2.24, 2.45) is 11.3 Å². The lowest BCUT2D eigenvalue weighted by Crippen LogP contribution is -2.40. The maximum Gasteiger partial charge on any atom is 0.228 e. The van der Waals surface area contributed by atoms with E-state index in [2.05, 4.69) is 0 Å². The molecule has 1 amide bonds. The minimum Gasteiger partial charge on any atom is -0.338 e. The molecule has 0 aromatic heterocycles. The third-order valence-electron chi connectivity index (χ3n) is 2.03. The molecule has 0 radical (unpaired) electrons. The summed E-state index contributed by atoms with van der Waals surface area (Å²) in [5.41, 5.74) is -0.411. The molecule has 0 aliphatic carbocycles. The number of Topliss-reactive ketones (excluding diaryl/α,β-unsaturated/α-hetero) is 1. The minimum atomic E-state index is -0.411. The van der Waals surface area contributed by atoms with E-state index in [1.807, 2.05) is 34.6 Å². The predicted molar refractivity (Wildman–Crippen MR) is 56.9 cm³/mol. The summed E-state index contributed by atoms with van der Waals surface area (Å²) in [4.78, 5) is 24.6. The van der Waals surface area contributed by atoms with Crippen LogP contribution in [-0.4, -0.2) is 30.2 Å². The zero-order valence-corrected chi connectivity index (χ0v) is 10.0. The predicted octanol–water partition coefficient (Wildman–Crippen LogP) is 1.72. The zero-order valence-electron chi connectivity index (χ0n) is 10.0. The van der Waals surface area contributed by atoms with Gasteiger partial charge in [0.15, 0.2) is 5.78 Å². The summed E-state index contributed by atoms with van der Waals surface area (Å²) >= 11 is 0. The number of rotatable bonds is 3. The number of carbonyl (C=O) groups is 2. The first kappa shape index (κ1) is 13.1. The van der Waals surface area contributed by atoms with Crippen LogP contribution in [0.4, 0.5) is 0 Å². The molecule has 3 nitrogen and oxygen atoms in total. The van der Waals surface area contributed by atoms with E-state index >= 15 is 0 Å². The highest BCUT2D eigenvalue weighted by atomic mass is 16.2. The first-order valence-corrected chi connectivity index (χ1v) is 4.94. The number of hydrogen-bond donors (Lipinski definition) is 0. The van der Waals surface area contributed by atoms with Gasteiger partial charge in [0, 0.05) is 18.4 Å². The lowest BCUT2D eigenvalue weighted by molar-refractivity contribution is -0.141. The Morgan fingerprint density at radius 1 is 1.21 bits per heavy atom. The number of carbonyl (C=O) groups excluding carboxylic acids is 2. The quantitative estimate of drug-likeness (QED) is 0.694. The Hall–Kier alpha value is -0.860. The molecule has 0 saturated carbocycles. The van der Waals surface area contributed by atoms with Crippen LogP contribution < -0.4 is 0 Å². The van der Waals surface area contributed by atoms with Crippen molar-refractivity contribution in [3.05, 3.63) is 0 Å². The van der Waals surface area contributed by atoms with Crippen molar-refractivity contribution in [3.63, 3.8) is 0 Å². The van der Waals surface area contributed by atoms with Crippen LogP contribution in [0.2, 0.25) is 0 Å². The van der Waals surface area contributed by atoms with Crippen molar-refractivity contribution in [2.45, 2.75) is 34.6 Å². The summed E-state index contributed by atoms with van der Waals surface area (Å²) < 4.78 is 0. The van der Waals surface area contributed by atoms with Crippen LogP contribution in [-0.2, 0) is 9.59 Å². The van der Waals surface area contributed by atoms with Gasteiger partial charge < -0.3 is 4.90 Å². The van der Waals surface area contributed by atoms with E-state index in [0.29, 0.717) is 0 Å². The Morgan fingerprint density at radius 3 is 1.93 bits per heavy atom. The van der Waals surface area contributed by atoms with Gasteiger partial charge in [-0.15, -0.1) is 0 Å². The molecule has 0 heterocycles. The Kier molecular flexibility index (Phi) is 4.30. The molecular weight excluding hydrogens is 178 g/mol. The number of nitrogens with zero attached hydrogens (tertiary/aromatic N) is 1. The van der Waals surface area contributed by atoms with Crippen LogP contribution in [0.25, 0.3) is 0 Å². The van der Waals surface area contributed by atoms with Crippen LogP contribution in [0.15, 0.2) is 0 Å². The van der Waals surface area contributed by atoms with E-state index in [-0.39, 0.29) is 24.2 Å². The Balaban J connectivity index is 4.30. The highest BCUT2D eigenvalue weighted by molar-refractivity contribution is 5.88. The summed E-state index contributed by atoms with van der Waals surface area (Å²) in [6, 6.07) is 0.